The maximum atomic E-state index is 12.7. The predicted octanol–water partition coefficient (Wildman–Crippen LogP) is 1.96. The van der Waals surface area contributed by atoms with Gasteiger partial charge in [-0.25, -0.2) is 0 Å². The Labute approximate surface area is 177 Å². The van der Waals surface area contributed by atoms with Crippen molar-refractivity contribution < 1.29 is 9.47 Å². The van der Waals surface area contributed by atoms with Gasteiger partial charge in [-0.05, 0) is 50.3 Å². The Morgan fingerprint density at radius 2 is 2.10 bits per heavy atom. The summed E-state index contributed by atoms with van der Waals surface area (Å²) in [5.41, 5.74) is 1.40. The molecule has 8 heteroatoms. The molecule has 1 aromatic carbocycles. The Morgan fingerprint density at radius 3 is 2.83 bits per heavy atom. The molecule has 0 aliphatic carbocycles. The van der Waals surface area contributed by atoms with Gasteiger partial charge >= 0.3 is 0 Å². The van der Waals surface area contributed by atoms with Crippen LogP contribution >= 0.6 is 12.2 Å². The van der Waals surface area contributed by atoms with Gasteiger partial charge < -0.3 is 24.7 Å². The smallest absolute Gasteiger partial charge is 0.253 e. The molecular weight excluding hydrogens is 388 g/mol. The third-order valence-corrected chi connectivity index (χ3v) is 5.37. The highest BCUT2D eigenvalue weighted by atomic mass is 32.1. The highest BCUT2D eigenvalue weighted by Gasteiger charge is 2.16. The molecular formula is C21H30N4O3S. The first kappa shape index (κ1) is 21.5. The molecule has 2 aromatic rings. The number of H-pyrrole nitrogens is 1. The predicted molar refractivity (Wildman–Crippen MR) is 120 cm³/mol. The minimum atomic E-state index is -0.0858. The van der Waals surface area contributed by atoms with Crippen molar-refractivity contribution in [2.45, 2.75) is 20.4 Å². The lowest BCUT2D eigenvalue weighted by Crippen LogP contribution is -2.46. The third kappa shape index (κ3) is 5.91. The van der Waals surface area contributed by atoms with Crippen LogP contribution in [-0.2, 0) is 11.3 Å². The first-order chi connectivity index (χ1) is 14.1. The fourth-order valence-electron chi connectivity index (χ4n) is 3.41. The van der Waals surface area contributed by atoms with Crippen LogP contribution in [0.3, 0.4) is 0 Å². The molecule has 0 spiro atoms. The van der Waals surface area contributed by atoms with Crippen LogP contribution < -0.4 is 15.6 Å². The summed E-state index contributed by atoms with van der Waals surface area (Å²) in [7, 11) is 0. The maximum absolute atomic E-state index is 12.7. The van der Waals surface area contributed by atoms with Gasteiger partial charge in [0.1, 0.15) is 5.75 Å². The molecule has 7 nitrogen and oxygen atoms in total. The van der Waals surface area contributed by atoms with E-state index in [1.165, 1.54) is 0 Å². The van der Waals surface area contributed by atoms with Crippen LogP contribution in [0.15, 0.2) is 29.1 Å². The molecule has 3 rings (SSSR count). The summed E-state index contributed by atoms with van der Waals surface area (Å²) in [4.78, 5) is 20.1. The van der Waals surface area contributed by atoms with E-state index in [-0.39, 0.29) is 5.56 Å². The number of morpholine rings is 1. The van der Waals surface area contributed by atoms with Crippen LogP contribution in [-0.4, -0.2) is 72.4 Å². The number of pyridine rings is 1. The molecule has 0 radical (unpaired) electrons. The van der Waals surface area contributed by atoms with E-state index in [1.807, 2.05) is 38.1 Å². The molecule has 0 bridgehead atoms. The molecule has 1 saturated heterocycles. The van der Waals surface area contributed by atoms with Gasteiger partial charge in [-0.1, -0.05) is 0 Å². The summed E-state index contributed by atoms with van der Waals surface area (Å²) in [6.07, 6.45) is 0. The Morgan fingerprint density at radius 1 is 1.31 bits per heavy atom. The molecule has 1 aliphatic rings. The summed E-state index contributed by atoms with van der Waals surface area (Å²) in [5.74, 6) is 0.797. The first-order valence-corrected chi connectivity index (χ1v) is 10.6. The van der Waals surface area contributed by atoms with Gasteiger partial charge in [-0.2, -0.15) is 0 Å². The lowest BCUT2D eigenvalue weighted by atomic mass is 10.1. The highest BCUT2D eigenvalue weighted by molar-refractivity contribution is 7.80. The number of nitrogens with one attached hydrogen (secondary N) is 2. The van der Waals surface area contributed by atoms with Crippen molar-refractivity contribution in [2.75, 3.05) is 52.5 Å². The van der Waals surface area contributed by atoms with E-state index in [2.05, 4.69) is 20.1 Å². The molecule has 2 N–H and O–H groups in total. The SMILES string of the molecule is CCNC(=S)N(CCN1CCOCC1)Cc1cc2cc(OCC)ccc2[nH]c1=O. The van der Waals surface area contributed by atoms with Crippen molar-refractivity contribution >= 4 is 28.2 Å². The third-order valence-electron chi connectivity index (χ3n) is 4.97. The van der Waals surface area contributed by atoms with Crippen LogP contribution in [0.25, 0.3) is 10.9 Å². The second-order valence-electron chi connectivity index (χ2n) is 7.02. The Bertz CT molecular complexity index is 880. The van der Waals surface area contributed by atoms with Gasteiger partial charge in [0.2, 0.25) is 0 Å². The fraction of sp³-hybridized carbons (Fsp3) is 0.524. The molecule has 1 fully saturated rings. The summed E-state index contributed by atoms with van der Waals surface area (Å²) in [6.45, 7) is 10.8. The lowest BCUT2D eigenvalue weighted by molar-refractivity contribution is 0.0357. The zero-order chi connectivity index (χ0) is 20.6. The second-order valence-corrected chi connectivity index (χ2v) is 7.40. The minimum absolute atomic E-state index is 0.0858. The van der Waals surface area contributed by atoms with Crippen molar-refractivity contribution in [3.63, 3.8) is 0 Å². The summed E-state index contributed by atoms with van der Waals surface area (Å²) >= 11 is 5.57. The Balaban J connectivity index is 1.78. The molecule has 1 aliphatic heterocycles. The summed E-state index contributed by atoms with van der Waals surface area (Å²) in [5, 5.41) is 4.84. The fourth-order valence-corrected chi connectivity index (χ4v) is 3.71. The molecule has 0 amide bonds. The van der Waals surface area contributed by atoms with E-state index in [4.69, 9.17) is 21.7 Å². The number of aromatic nitrogens is 1. The number of benzene rings is 1. The van der Waals surface area contributed by atoms with Crippen molar-refractivity contribution in [1.82, 2.24) is 20.1 Å². The van der Waals surface area contributed by atoms with Crippen molar-refractivity contribution in [3.05, 3.63) is 40.2 Å². The van der Waals surface area contributed by atoms with Gasteiger partial charge in [0.25, 0.3) is 5.56 Å². The quantitative estimate of drug-likeness (QED) is 0.635. The molecule has 2 heterocycles. The van der Waals surface area contributed by atoms with Gasteiger partial charge in [-0.15, -0.1) is 0 Å². The number of hydrogen-bond donors (Lipinski definition) is 2. The van der Waals surface area contributed by atoms with Gasteiger partial charge in [-0.3, -0.25) is 9.69 Å². The maximum Gasteiger partial charge on any atom is 0.253 e. The largest absolute Gasteiger partial charge is 0.494 e. The average molecular weight is 419 g/mol. The van der Waals surface area contributed by atoms with E-state index < -0.39 is 0 Å². The van der Waals surface area contributed by atoms with Gasteiger partial charge in [0.15, 0.2) is 5.11 Å². The van der Waals surface area contributed by atoms with Crippen LogP contribution in [0.4, 0.5) is 0 Å². The number of hydrogen-bond acceptors (Lipinski definition) is 5. The molecule has 0 atom stereocenters. The average Bonchev–Trinajstić information content (AvgIpc) is 2.72. The molecule has 158 valence electrons. The second kappa shape index (κ2) is 10.6. The number of thiocarbonyl (C=S) groups is 1. The number of fused-ring (bicyclic) bond motifs is 1. The number of aromatic amines is 1. The van der Waals surface area contributed by atoms with Crippen LogP contribution in [0.1, 0.15) is 19.4 Å². The molecule has 29 heavy (non-hydrogen) atoms. The van der Waals surface area contributed by atoms with Crippen molar-refractivity contribution in [2.24, 2.45) is 0 Å². The number of rotatable bonds is 8. The zero-order valence-corrected chi connectivity index (χ0v) is 18.0. The standard InChI is InChI=1S/C21H30N4O3S/c1-3-22-21(29)25(8-7-24-9-11-27-12-10-24)15-17-13-16-14-18(28-4-2)5-6-19(16)23-20(17)26/h5-6,13-14H,3-4,7-12,15H2,1-2H3,(H,22,29)(H,23,26). The molecule has 0 saturated carbocycles. The number of nitrogens with zero attached hydrogens (tertiary/aromatic N) is 2. The Hall–Kier alpha value is -2.16. The summed E-state index contributed by atoms with van der Waals surface area (Å²) in [6, 6.07) is 7.65. The van der Waals surface area contributed by atoms with E-state index >= 15 is 0 Å². The monoisotopic (exact) mass is 418 g/mol. The topological polar surface area (TPSA) is 69.8 Å². The molecule has 0 unspecified atom stereocenters. The minimum Gasteiger partial charge on any atom is -0.494 e. The molecule has 1 aromatic heterocycles. The normalized spacial score (nSPS) is 14.7. The van der Waals surface area contributed by atoms with Gasteiger partial charge in [0.05, 0.1) is 26.4 Å². The number of ether oxygens (including phenoxy) is 2. The van der Waals surface area contributed by atoms with Crippen molar-refractivity contribution in [3.8, 4) is 5.75 Å². The van der Waals surface area contributed by atoms with Crippen LogP contribution in [0, 0.1) is 0 Å². The van der Waals surface area contributed by atoms with E-state index in [1.54, 1.807) is 0 Å². The highest BCUT2D eigenvalue weighted by Crippen LogP contribution is 2.19. The first-order valence-electron chi connectivity index (χ1n) is 10.2. The van der Waals surface area contributed by atoms with Gasteiger partial charge in [0, 0.05) is 49.2 Å². The van der Waals surface area contributed by atoms with Crippen molar-refractivity contribution in [1.29, 1.82) is 0 Å². The van der Waals surface area contributed by atoms with E-state index in [0.29, 0.717) is 23.8 Å². The van der Waals surface area contributed by atoms with Crippen LogP contribution in [0.5, 0.6) is 5.75 Å². The van der Waals surface area contributed by atoms with E-state index in [9.17, 15) is 4.79 Å². The lowest BCUT2D eigenvalue weighted by Gasteiger charge is -2.31. The van der Waals surface area contributed by atoms with E-state index in [0.717, 1.165) is 62.6 Å². The summed E-state index contributed by atoms with van der Waals surface area (Å²) < 4.78 is 11.0. The van der Waals surface area contributed by atoms with Crippen LogP contribution in [0.2, 0.25) is 0 Å². The Kier molecular flexibility index (Phi) is 7.85. The zero-order valence-electron chi connectivity index (χ0n) is 17.2.